The van der Waals surface area contributed by atoms with E-state index in [0.717, 1.165) is 7.11 Å². The predicted molar refractivity (Wildman–Crippen MR) is 64.6 cm³/mol. The van der Waals surface area contributed by atoms with Gasteiger partial charge in [-0.3, -0.25) is 0 Å². The van der Waals surface area contributed by atoms with E-state index in [9.17, 15) is 13.6 Å². The van der Waals surface area contributed by atoms with Crippen molar-refractivity contribution >= 4 is 28.5 Å². The van der Waals surface area contributed by atoms with Gasteiger partial charge in [0.1, 0.15) is 5.52 Å². The first kappa shape index (κ1) is 13.5. The molecule has 1 heterocycles. The van der Waals surface area contributed by atoms with Crippen molar-refractivity contribution in [3.05, 3.63) is 34.5 Å². The number of carbonyl (C=O) groups excluding carboxylic acids is 1. The van der Waals surface area contributed by atoms with Gasteiger partial charge in [0.05, 0.1) is 19.8 Å². The first-order chi connectivity index (χ1) is 9.01. The molecule has 0 fully saturated rings. The molecule has 7 heteroatoms. The zero-order valence-corrected chi connectivity index (χ0v) is 10.7. The van der Waals surface area contributed by atoms with Gasteiger partial charge in [-0.1, -0.05) is 11.6 Å². The first-order valence-electron chi connectivity index (χ1n) is 5.10. The Kier molecular flexibility index (Phi) is 3.53. The van der Waals surface area contributed by atoms with Crippen molar-refractivity contribution in [1.82, 2.24) is 4.98 Å². The second-order valence-electron chi connectivity index (χ2n) is 3.56. The molecule has 0 amide bonds. The molecule has 0 unspecified atom stereocenters. The number of halogens is 3. The maximum absolute atomic E-state index is 14.1. The number of hydrogen-bond acceptors (Lipinski definition) is 4. The van der Waals surface area contributed by atoms with Gasteiger partial charge in [0.25, 0.3) is 0 Å². The van der Waals surface area contributed by atoms with E-state index in [1.54, 1.807) is 0 Å². The van der Waals surface area contributed by atoms with Crippen LogP contribution in [0.5, 0.6) is 5.75 Å². The monoisotopic (exact) mass is 287 g/mol. The van der Waals surface area contributed by atoms with Crippen LogP contribution in [0, 0.1) is 11.6 Å². The third-order valence-electron chi connectivity index (χ3n) is 2.56. The number of fused-ring (bicyclic) bond motifs is 1. The highest BCUT2D eigenvalue weighted by atomic mass is 35.5. The van der Waals surface area contributed by atoms with Gasteiger partial charge in [0, 0.05) is 5.39 Å². The molecule has 2 rings (SSSR count). The molecule has 1 aromatic heterocycles. The van der Waals surface area contributed by atoms with E-state index < -0.39 is 22.8 Å². The largest absolute Gasteiger partial charge is 0.493 e. The molecule has 2 aromatic rings. The van der Waals surface area contributed by atoms with Crippen LogP contribution in [0.25, 0.3) is 10.9 Å². The van der Waals surface area contributed by atoms with Gasteiger partial charge in [-0.15, -0.1) is 0 Å². The Balaban J connectivity index is 2.84. The Bertz CT molecular complexity index is 676. The summed E-state index contributed by atoms with van der Waals surface area (Å²) in [6.07, 6.45) is 0. The van der Waals surface area contributed by atoms with Crippen LogP contribution < -0.4 is 4.74 Å². The summed E-state index contributed by atoms with van der Waals surface area (Å²) >= 11 is 5.56. The summed E-state index contributed by atoms with van der Waals surface area (Å²) in [5, 5.41) is -0.459. The minimum atomic E-state index is -0.940. The molecule has 0 atom stereocenters. The molecular weight excluding hydrogens is 280 g/mol. The van der Waals surface area contributed by atoms with Gasteiger partial charge in [-0.25, -0.2) is 14.2 Å². The Morgan fingerprint density at radius 1 is 1.26 bits per heavy atom. The van der Waals surface area contributed by atoms with Crippen LogP contribution in [0.15, 0.2) is 12.1 Å². The highest BCUT2D eigenvalue weighted by molar-refractivity contribution is 6.30. The van der Waals surface area contributed by atoms with Crippen LogP contribution in [0.4, 0.5) is 8.78 Å². The highest BCUT2D eigenvalue weighted by Gasteiger charge is 2.21. The van der Waals surface area contributed by atoms with E-state index in [-0.39, 0.29) is 22.2 Å². The molecule has 0 aliphatic carbocycles. The fraction of sp³-hybridized carbons (Fsp3) is 0.167. The minimum absolute atomic E-state index is 0.0783. The normalized spacial score (nSPS) is 10.6. The number of aromatic nitrogens is 1. The van der Waals surface area contributed by atoms with E-state index in [4.69, 9.17) is 16.3 Å². The second-order valence-corrected chi connectivity index (χ2v) is 3.92. The SMILES string of the molecule is COC(=O)c1ccc2c(OC)c(F)c(Cl)nc2c1F. The molecule has 0 aliphatic heterocycles. The summed E-state index contributed by atoms with van der Waals surface area (Å²) in [5.41, 5.74) is -0.571. The summed E-state index contributed by atoms with van der Waals surface area (Å²) in [6, 6.07) is 2.48. The molecule has 1 aromatic carbocycles. The van der Waals surface area contributed by atoms with Crippen molar-refractivity contribution in [3.63, 3.8) is 0 Å². The zero-order valence-electron chi connectivity index (χ0n) is 9.96. The minimum Gasteiger partial charge on any atom is -0.493 e. The second kappa shape index (κ2) is 4.97. The number of rotatable bonds is 2. The van der Waals surface area contributed by atoms with Gasteiger partial charge in [0.2, 0.25) is 5.82 Å². The van der Waals surface area contributed by atoms with Crippen LogP contribution in [0.1, 0.15) is 10.4 Å². The lowest BCUT2D eigenvalue weighted by molar-refractivity contribution is 0.0596. The van der Waals surface area contributed by atoms with Crippen LogP contribution in [-0.4, -0.2) is 25.2 Å². The maximum Gasteiger partial charge on any atom is 0.340 e. The summed E-state index contributed by atoms with van der Waals surface area (Å²) in [4.78, 5) is 14.9. The number of nitrogens with zero attached hydrogens (tertiary/aromatic N) is 1. The number of pyridine rings is 1. The number of carbonyl (C=O) groups is 1. The van der Waals surface area contributed by atoms with Crippen molar-refractivity contribution < 1.29 is 23.0 Å². The molecule has 0 bridgehead atoms. The third kappa shape index (κ3) is 2.08. The lowest BCUT2D eigenvalue weighted by atomic mass is 10.1. The Morgan fingerprint density at radius 2 is 1.95 bits per heavy atom. The summed E-state index contributed by atoms with van der Waals surface area (Å²) in [6.45, 7) is 0. The fourth-order valence-corrected chi connectivity index (χ4v) is 1.85. The number of ether oxygens (including phenoxy) is 2. The molecule has 100 valence electrons. The van der Waals surface area contributed by atoms with Gasteiger partial charge >= 0.3 is 5.97 Å². The number of benzene rings is 1. The number of hydrogen-bond donors (Lipinski definition) is 0. The summed E-state index contributed by atoms with van der Waals surface area (Å²) in [5.74, 6) is -2.92. The van der Waals surface area contributed by atoms with Crippen molar-refractivity contribution in [2.45, 2.75) is 0 Å². The van der Waals surface area contributed by atoms with Gasteiger partial charge in [-0.05, 0) is 12.1 Å². The topological polar surface area (TPSA) is 48.4 Å². The fourth-order valence-electron chi connectivity index (χ4n) is 1.68. The standard InChI is InChI=1S/C12H8ClF2NO3/c1-18-10-6-4-3-5(12(17)19-2)7(14)9(6)16-11(13)8(10)15/h3-4H,1-2H3. The first-order valence-corrected chi connectivity index (χ1v) is 5.48. The summed E-state index contributed by atoms with van der Waals surface area (Å²) < 4.78 is 37.1. The molecule has 0 N–H and O–H groups in total. The van der Waals surface area contributed by atoms with Crippen LogP contribution in [0.2, 0.25) is 5.15 Å². The molecular formula is C12H8ClF2NO3. The molecule has 4 nitrogen and oxygen atoms in total. The summed E-state index contributed by atoms with van der Waals surface area (Å²) in [7, 11) is 2.35. The Morgan fingerprint density at radius 3 is 2.53 bits per heavy atom. The van der Waals surface area contributed by atoms with Crippen LogP contribution in [0.3, 0.4) is 0 Å². The molecule has 19 heavy (non-hydrogen) atoms. The van der Waals surface area contributed by atoms with E-state index in [1.165, 1.54) is 19.2 Å². The van der Waals surface area contributed by atoms with Crippen LogP contribution >= 0.6 is 11.6 Å². The zero-order chi connectivity index (χ0) is 14.2. The predicted octanol–water partition coefficient (Wildman–Crippen LogP) is 2.96. The van der Waals surface area contributed by atoms with Gasteiger partial charge < -0.3 is 9.47 Å². The Labute approximate surface area is 111 Å². The number of esters is 1. The molecule has 0 saturated heterocycles. The number of methoxy groups -OCH3 is 2. The van der Waals surface area contributed by atoms with E-state index in [1.807, 2.05) is 0 Å². The van der Waals surface area contributed by atoms with Crippen molar-refractivity contribution in [2.75, 3.05) is 14.2 Å². The van der Waals surface area contributed by atoms with Crippen molar-refractivity contribution in [3.8, 4) is 5.75 Å². The van der Waals surface area contributed by atoms with Crippen molar-refractivity contribution in [2.24, 2.45) is 0 Å². The van der Waals surface area contributed by atoms with E-state index >= 15 is 0 Å². The Hall–Kier alpha value is -1.95. The lowest BCUT2D eigenvalue weighted by Crippen LogP contribution is -2.06. The van der Waals surface area contributed by atoms with Gasteiger partial charge in [-0.2, -0.15) is 4.39 Å². The quantitative estimate of drug-likeness (QED) is 0.629. The molecule has 0 saturated carbocycles. The van der Waals surface area contributed by atoms with Crippen LogP contribution in [-0.2, 0) is 4.74 Å². The molecule has 0 spiro atoms. The average Bonchev–Trinajstić information content (AvgIpc) is 2.41. The van der Waals surface area contributed by atoms with Crippen molar-refractivity contribution in [1.29, 1.82) is 0 Å². The van der Waals surface area contributed by atoms with Gasteiger partial charge in [0.15, 0.2) is 16.7 Å². The third-order valence-corrected chi connectivity index (χ3v) is 2.81. The average molecular weight is 288 g/mol. The lowest BCUT2D eigenvalue weighted by Gasteiger charge is -2.09. The smallest absolute Gasteiger partial charge is 0.340 e. The molecule has 0 radical (unpaired) electrons. The van der Waals surface area contributed by atoms with E-state index in [0.29, 0.717) is 0 Å². The maximum atomic E-state index is 14.1. The highest BCUT2D eigenvalue weighted by Crippen LogP contribution is 2.33. The van der Waals surface area contributed by atoms with E-state index in [2.05, 4.69) is 9.72 Å². The molecule has 0 aliphatic rings.